The maximum Gasteiger partial charge on any atom is 0.341 e. The van der Waals surface area contributed by atoms with Crippen molar-refractivity contribution in [3.63, 3.8) is 0 Å². The van der Waals surface area contributed by atoms with Gasteiger partial charge in [-0.25, -0.2) is 9.18 Å². The summed E-state index contributed by atoms with van der Waals surface area (Å²) < 4.78 is 25.1. The van der Waals surface area contributed by atoms with Crippen molar-refractivity contribution in [1.82, 2.24) is 0 Å². The third-order valence-electron chi connectivity index (χ3n) is 5.18. The minimum atomic E-state index is -1.60. The number of aryl methyl sites for hydroxylation is 1. The lowest BCUT2D eigenvalue weighted by atomic mass is 10.0. The molecular formula is C23H27FO3S. The Morgan fingerprint density at radius 3 is 2.54 bits per heavy atom. The summed E-state index contributed by atoms with van der Waals surface area (Å²) in [4.78, 5) is 13.0. The van der Waals surface area contributed by atoms with Gasteiger partial charge in [0.1, 0.15) is 5.75 Å². The predicted octanol–water partition coefficient (Wildman–Crippen LogP) is 5.33. The molecule has 0 aliphatic heterocycles. The third kappa shape index (κ3) is 5.51. The summed E-state index contributed by atoms with van der Waals surface area (Å²) in [5.41, 5.74) is 1.25. The van der Waals surface area contributed by atoms with E-state index in [1.807, 2.05) is 42.5 Å². The number of esters is 1. The molecule has 0 aromatic heterocycles. The predicted molar refractivity (Wildman–Crippen MR) is 111 cm³/mol. The normalized spacial score (nSPS) is 20.2. The van der Waals surface area contributed by atoms with Crippen molar-refractivity contribution in [2.45, 2.75) is 42.5 Å². The van der Waals surface area contributed by atoms with Gasteiger partial charge in [0.15, 0.2) is 0 Å². The van der Waals surface area contributed by atoms with E-state index in [4.69, 9.17) is 9.47 Å². The summed E-state index contributed by atoms with van der Waals surface area (Å²) in [6, 6.07) is 17.8. The third-order valence-corrected chi connectivity index (χ3v) is 6.58. The van der Waals surface area contributed by atoms with Crippen LogP contribution in [-0.2, 0) is 16.0 Å². The van der Waals surface area contributed by atoms with Gasteiger partial charge < -0.3 is 9.47 Å². The highest BCUT2D eigenvalue weighted by atomic mass is 32.2. The van der Waals surface area contributed by atoms with E-state index in [2.05, 4.69) is 12.1 Å². The number of halogens is 1. The molecule has 1 aliphatic rings. The number of ether oxygens (including phenoxy) is 2. The lowest BCUT2D eigenvalue weighted by Crippen LogP contribution is -2.31. The Bertz CT molecular complexity index is 750. The fraction of sp³-hybridized carbons (Fsp3) is 0.435. The molecule has 1 saturated carbocycles. The van der Waals surface area contributed by atoms with Gasteiger partial charge >= 0.3 is 5.97 Å². The van der Waals surface area contributed by atoms with Gasteiger partial charge in [-0.2, -0.15) is 0 Å². The van der Waals surface area contributed by atoms with E-state index in [0.29, 0.717) is 5.92 Å². The van der Waals surface area contributed by atoms with Crippen LogP contribution >= 0.6 is 11.8 Å². The van der Waals surface area contributed by atoms with Crippen LogP contribution in [0.15, 0.2) is 59.5 Å². The molecule has 0 bridgehead atoms. The summed E-state index contributed by atoms with van der Waals surface area (Å²) in [5, 5.41) is -0.401. The number of hydrogen-bond donors (Lipinski definition) is 0. The van der Waals surface area contributed by atoms with Crippen molar-refractivity contribution in [3.8, 4) is 5.75 Å². The Morgan fingerprint density at radius 1 is 1.18 bits per heavy atom. The van der Waals surface area contributed by atoms with E-state index in [0.717, 1.165) is 29.9 Å². The van der Waals surface area contributed by atoms with Gasteiger partial charge in [-0.1, -0.05) is 30.3 Å². The van der Waals surface area contributed by atoms with Gasteiger partial charge in [-0.15, -0.1) is 11.8 Å². The van der Waals surface area contributed by atoms with Crippen LogP contribution in [0.5, 0.6) is 5.75 Å². The highest BCUT2D eigenvalue weighted by molar-refractivity contribution is 8.00. The largest absolute Gasteiger partial charge is 0.497 e. The van der Waals surface area contributed by atoms with Crippen molar-refractivity contribution in [1.29, 1.82) is 0 Å². The number of benzene rings is 2. The molecule has 4 atom stereocenters. The molecule has 0 radical (unpaired) electrons. The number of rotatable bonds is 10. The molecule has 5 heteroatoms. The topological polar surface area (TPSA) is 35.5 Å². The van der Waals surface area contributed by atoms with Crippen molar-refractivity contribution in [2.75, 3.05) is 13.7 Å². The average molecular weight is 403 g/mol. The lowest BCUT2D eigenvalue weighted by molar-refractivity contribution is -0.149. The van der Waals surface area contributed by atoms with Gasteiger partial charge in [0, 0.05) is 4.90 Å². The van der Waals surface area contributed by atoms with Crippen molar-refractivity contribution in [3.05, 3.63) is 60.2 Å². The molecule has 2 aromatic rings. The highest BCUT2D eigenvalue weighted by Gasteiger charge is 2.48. The van der Waals surface area contributed by atoms with Gasteiger partial charge in [0.25, 0.3) is 0 Å². The van der Waals surface area contributed by atoms with Gasteiger partial charge in [0.2, 0.25) is 6.17 Å². The molecule has 0 heterocycles. The number of methoxy groups -OCH3 is 1. The van der Waals surface area contributed by atoms with E-state index < -0.39 is 17.4 Å². The first-order chi connectivity index (χ1) is 13.6. The molecular weight excluding hydrogens is 375 g/mol. The number of thioether (sulfide) groups is 1. The molecule has 4 unspecified atom stereocenters. The zero-order chi connectivity index (χ0) is 19.9. The van der Waals surface area contributed by atoms with Gasteiger partial charge in [0.05, 0.1) is 19.0 Å². The molecule has 1 fully saturated rings. The monoisotopic (exact) mass is 402 g/mol. The second kappa shape index (κ2) is 9.97. The van der Waals surface area contributed by atoms with Crippen molar-refractivity contribution < 1.29 is 18.7 Å². The second-order valence-electron chi connectivity index (χ2n) is 7.10. The average Bonchev–Trinajstić information content (AvgIpc) is 3.50. The Balaban J connectivity index is 1.61. The smallest absolute Gasteiger partial charge is 0.341 e. The van der Waals surface area contributed by atoms with E-state index in [9.17, 15) is 9.18 Å². The van der Waals surface area contributed by atoms with E-state index in [-0.39, 0.29) is 12.5 Å². The van der Waals surface area contributed by atoms with Crippen LogP contribution in [0, 0.1) is 11.8 Å². The molecule has 0 spiro atoms. The van der Waals surface area contributed by atoms with Crippen LogP contribution in [0.4, 0.5) is 4.39 Å². The van der Waals surface area contributed by atoms with Gasteiger partial charge in [-0.3, -0.25) is 0 Å². The van der Waals surface area contributed by atoms with Crippen molar-refractivity contribution >= 4 is 17.7 Å². The summed E-state index contributed by atoms with van der Waals surface area (Å²) in [5.74, 6) is 0.748. The van der Waals surface area contributed by atoms with Crippen LogP contribution in [0.2, 0.25) is 0 Å². The zero-order valence-electron chi connectivity index (χ0n) is 16.3. The minimum Gasteiger partial charge on any atom is -0.497 e. The second-order valence-corrected chi connectivity index (χ2v) is 8.35. The molecule has 2 aromatic carbocycles. The molecule has 28 heavy (non-hydrogen) atoms. The Kier molecular flexibility index (Phi) is 7.37. The molecule has 3 rings (SSSR count). The van der Waals surface area contributed by atoms with Crippen LogP contribution in [0.25, 0.3) is 0 Å². The summed E-state index contributed by atoms with van der Waals surface area (Å²) in [6.07, 6.45) is 1.31. The molecule has 0 amide bonds. The van der Waals surface area contributed by atoms with Crippen LogP contribution in [-0.4, -0.2) is 31.1 Å². The minimum absolute atomic E-state index is 0.197. The standard InChI is InChI=1S/C23H27FO3S/c1-3-27-23(25)21(24)22(28-19-7-5-4-6-8-19)20-15-17(20)12-9-16-10-13-18(26-2)14-11-16/h4-8,10-11,13-14,17,20-22H,3,9,12,15H2,1-2H3. The van der Waals surface area contributed by atoms with Crippen LogP contribution in [0.1, 0.15) is 25.3 Å². The maximum atomic E-state index is 14.9. The highest BCUT2D eigenvalue weighted by Crippen LogP contribution is 2.51. The Hall–Kier alpha value is -2.01. The Labute approximate surface area is 170 Å². The first-order valence-electron chi connectivity index (χ1n) is 9.77. The number of hydrogen-bond acceptors (Lipinski definition) is 4. The Morgan fingerprint density at radius 2 is 1.89 bits per heavy atom. The maximum absolute atomic E-state index is 14.9. The first kappa shape index (κ1) is 20.7. The number of carbonyl (C=O) groups is 1. The zero-order valence-corrected chi connectivity index (χ0v) is 17.2. The quantitative estimate of drug-likeness (QED) is 0.398. The molecule has 0 saturated heterocycles. The summed E-state index contributed by atoms with van der Waals surface area (Å²) >= 11 is 1.46. The summed E-state index contributed by atoms with van der Waals surface area (Å²) in [7, 11) is 1.66. The molecule has 150 valence electrons. The van der Waals surface area contributed by atoms with Crippen LogP contribution < -0.4 is 4.74 Å². The fourth-order valence-electron chi connectivity index (χ4n) is 3.53. The summed E-state index contributed by atoms with van der Waals surface area (Å²) in [6.45, 7) is 1.91. The lowest BCUT2D eigenvalue weighted by Gasteiger charge is -2.20. The van der Waals surface area contributed by atoms with E-state index >= 15 is 0 Å². The van der Waals surface area contributed by atoms with Crippen molar-refractivity contribution in [2.24, 2.45) is 11.8 Å². The van der Waals surface area contributed by atoms with E-state index in [1.165, 1.54) is 17.3 Å². The first-order valence-corrected chi connectivity index (χ1v) is 10.7. The SMILES string of the molecule is CCOC(=O)C(F)C(Sc1ccccc1)C1CC1CCc1ccc(OC)cc1. The molecule has 3 nitrogen and oxygen atoms in total. The van der Waals surface area contributed by atoms with Crippen LogP contribution in [0.3, 0.4) is 0 Å². The van der Waals surface area contributed by atoms with E-state index in [1.54, 1.807) is 14.0 Å². The fourth-order valence-corrected chi connectivity index (χ4v) is 4.89. The number of alkyl halides is 1. The molecule has 1 aliphatic carbocycles. The molecule has 0 N–H and O–H groups in total. The van der Waals surface area contributed by atoms with Gasteiger partial charge in [-0.05, 0) is 67.9 Å². The number of carbonyl (C=O) groups excluding carboxylic acids is 1.